The second-order valence-electron chi connectivity index (χ2n) is 3.82. The molecule has 0 spiro atoms. The minimum Gasteiger partial charge on any atom is -0.394 e. The Kier molecular flexibility index (Phi) is 4.28. The van der Waals surface area contributed by atoms with Crippen LogP contribution in [-0.4, -0.2) is 57.4 Å². The number of hydrogen-bond donors (Lipinski definition) is 5. The molecule has 1 rings (SSSR count). The highest BCUT2D eigenvalue weighted by Crippen LogP contribution is 2.20. The van der Waals surface area contributed by atoms with E-state index < -0.39 is 31.0 Å². The molecular formula is C9H19NO4. The van der Waals surface area contributed by atoms with Crippen molar-refractivity contribution in [3.63, 3.8) is 0 Å². The fraction of sp³-hybridized carbons (Fsp3) is 1.00. The van der Waals surface area contributed by atoms with Gasteiger partial charge >= 0.3 is 0 Å². The summed E-state index contributed by atoms with van der Waals surface area (Å²) in [5, 5.41) is 40.2. The Hall–Kier alpha value is -0.200. The van der Waals surface area contributed by atoms with Gasteiger partial charge in [0.15, 0.2) is 0 Å². The summed E-state index contributed by atoms with van der Waals surface area (Å²) in [6.45, 7) is 1.57. The highest BCUT2D eigenvalue weighted by atomic mass is 16.3. The quantitative estimate of drug-likeness (QED) is 0.373. The Labute approximate surface area is 83.4 Å². The minimum atomic E-state index is -1.03. The first-order chi connectivity index (χ1) is 6.61. The van der Waals surface area contributed by atoms with Crippen LogP contribution in [0.4, 0.5) is 0 Å². The normalized spacial score (nSPS) is 40.1. The molecular weight excluding hydrogens is 186 g/mol. The van der Waals surface area contributed by atoms with Crippen LogP contribution in [0.1, 0.15) is 19.8 Å². The Balaban J connectivity index is 2.57. The van der Waals surface area contributed by atoms with Crippen LogP contribution < -0.4 is 5.32 Å². The van der Waals surface area contributed by atoms with Crippen molar-refractivity contribution < 1.29 is 20.4 Å². The van der Waals surface area contributed by atoms with Crippen LogP contribution in [0.5, 0.6) is 0 Å². The molecule has 0 amide bonds. The van der Waals surface area contributed by atoms with Crippen LogP contribution in [0.25, 0.3) is 0 Å². The number of aliphatic hydroxyl groups excluding tert-OH is 4. The summed E-state index contributed by atoms with van der Waals surface area (Å²) in [6.07, 6.45) is -1.26. The third-order valence-corrected chi connectivity index (χ3v) is 2.74. The van der Waals surface area contributed by atoms with E-state index in [0.29, 0.717) is 0 Å². The maximum atomic E-state index is 9.60. The molecule has 1 fully saturated rings. The third-order valence-electron chi connectivity index (χ3n) is 2.74. The van der Waals surface area contributed by atoms with E-state index in [2.05, 4.69) is 5.32 Å². The van der Waals surface area contributed by atoms with Gasteiger partial charge in [0.25, 0.3) is 0 Å². The SMILES string of the molecule is CCC[C@H]1N[C@@H]([C@H](O)CO)[C@H](O)[C@H]1O. The molecule has 5 heteroatoms. The molecule has 0 aromatic heterocycles. The van der Waals surface area contributed by atoms with Crippen LogP contribution >= 0.6 is 0 Å². The molecule has 1 aliphatic rings. The van der Waals surface area contributed by atoms with Crippen molar-refractivity contribution in [3.05, 3.63) is 0 Å². The summed E-state index contributed by atoms with van der Waals surface area (Å²) in [5.41, 5.74) is 0. The molecule has 1 saturated heterocycles. The Bertz CT molecular complexity index is 176. The monoisotopic (exact) mass is 205 g/mol. The van der Waals surface area contributed by atoms with Gasteiger partial charge in [-0.05, 0) is 6.42 Å². The summed E-state index contributed by atoms with van der Waals surface area (Å²) in [4.78, 5) is 0. The van der Waals surface area contributed by atoms with Gasteiger partial charge in [-0.25, -0.2) is 0 Å². The minimum absolute atomic E-state index is 0.193. The smallest absolute Gasteiger partial charge is 0.0993 e. The summed E-state index contributed by atoms with van der Waals surface area (Å²) < 4.78 is 0. The van der Waals surface area contributed by atoms with E-state index in [0.717, 1.165) is 12.8 Å². The van der Waals surface area contributed by atoms with Gasteiger partial charge in [-0.15, -0.1) is 0 Å². The lowest BCUT2D eigenvalue weighted by atomic mass is 10.0. The predicted octanol–water partition coefficient (Wildman–Crippen LogP) is -1.80. The summed E-state index contributed by atoms with van der Waals surface area (Å²) in [7, 11) is 0. The lowest BCUT2D eigenvalue weighted by Gasteiger charge is -2.19. The molecule has 0 saturated carbocycles. The van der Waals surface area contributed by atoms with Crippen molar-refractivity contribution in [1.82, 2.24) is 5.32 Å². The van der Waals surface area contributed by atoms with Crippen LogP contribution in [0.2, 0.25) is 0 Å². The molecule has 1 aliphatic heterocycles. The summed E-state index contributed by atoms with van der Waals surface area (Å²) in [6, 6.07) is -0.826. The zero-order valence-corrected chi connectivity index (χ0v) is 8.30. The molecule has 0 radical (unpaired) electrons. The molecule has 0 bridgehead atoms. The molecule has 84 valence electrons. The molecule has 0 aromatic carbocycles. The molecule has 1 heterocycles. The predicted molar refractivity (Wildman–Crippen MR) is 50.7 cm³/mol. The first-order valence-electron chi connectivity index (χ1n) is 5.03. The fourth-order valence-electron chi connectivity index (χ4n) is 1.91. The van der Waals surface area contributed by atoms with Gasteiger partial charge in [0.2, 0.25) is 0 Å². The first kappa shape index (κ1) is 11.9. The Morgan fingerprint density at radius 3 is 2.43 bits per heavy atom. The van der Waals surface area contributed by atoms with Gasteiger partial charge in [0, 0.05) is 6.04 Å². The van der Waals surface area contributed by atoms with Crippen molar-refractivity contribution in [2.24, 2.45) is 0 Å². The Morgan fingerprint density at radius 2 is 1.93 bits per heavy atom. The maximum Gasteiger partial charge on any atom is 0.0993 e. The Morgan fingerprint density at radius 1 is 1.29 bits per heavy atom. The third kappa shape index (κ3) is 2.24. The van der Waals surface area contributed by atoms with Crippen molar-refractivity contribution in [1.29, 1.82) is 0 Å². The van der Waals surface area contributed by atoms with Crippen LogP contribution in [-0.2, 0) is 0 Å². The van der Waals surface area contributed by atoms with E-state index >= 15 is 0 Å². The van der Waals surface area contributed by atoms with Crippen molar-refractivity contribution in [3.8, 4) is 0 Å². The van der Waals surface area contributed by atoms with Crippen LogP contribution in [0.3, 0.4) is 0 Å². The van der Waals surface area contributed by atoms with Gasteiger partial charge < -0.3 is 25.7 Å². The number of rotatable bonds is 4. The average Bonchev–Trinajstić information content (AvgIpc) is 2.46. The van der Waals surface area contributed by atoms with Crippen LogP contribution in [0, 0.1) is 0 Å². The second kappa shape index (κ2) is 5.04. The fourth-order valence-corrected chi connectivity index (χ4v) is 1.91. The largest absolute Gasteiger partial charge is 0.394 e. The summed E-state index contributed by atoms with van der Waals surface area (Å²) in [5.74, 6) is 0. The molecule has 0 aliphatic carbocycles. The highest BCUT2D eigenvalue weighted by molar-refractivity contribution is 5.00. The first-order valence-corrected chi connectivity index (χ1v) is 5.03. The molecule has 5 nitrogen and oxygen atoms in total. The van der Waals surface area contributed by atoms with Crippen LogP contribution in [0.15, 0.2) is 0 Å². The second-order valence-corrected chi connectivity index (χ2v) is 3.82. The standard InChI is InChI=1S/C9H19NO4/c1-2-3-5-8(13)9(14)7(10-5)6(12)4-11/h5-14H,2-4H2,1H3/t5-,6-,7+,8+,9+/m1/s1. The van der Waals surface area contributed by atoms with Gasteiger partial charge in [-0.1, -0.05) is 13.3 Å². The summed E-state index contributed by atoms with van der Waals surface area (Å²) >= 11 is 0. The zero-order chi connectivity index (χ0) is 10.7. The van der Waals surface area contributed by atoms with E-state index in [9.17, 15) is 15.3 Å². The molecule has 5 atom stereocenters. The molecule has 14 heavy (non-hydrogen) atoms. The number of aliphatic hydroxyl groups is 4. The van der Waals surface area contributed by atoms with Crippen molar-refractivity contribution in [2.45, 2.75) is 50.2 Å². The molecule has 5 N–H and O–H groups in total. The lowest BCUT2D eigenvalue weighted by molar-refractivity contribution is -0.0132. The van der Waals surface area contributed by atoms with Crippen molar-refractivity contribution >= 4 is 0 Å². The van der Waals surface area contributed by atoms with E-state index in [-0.39, 0.29) is 6.04 Å². The lowest BCUT2D eigenvalue weighted by Crippen LogP contribution is -2.45. The van der Waals surface area contributed by atoms with Gasteiger partial charge in [0.05, 0.1) is 31.0 Å². The number of nitrogens with one attached hydrogen (secondary N) is 1. The highest BCUT2D eigenvalue weighted by Gasteiger charge is 2.43. The number of hydrogen-bond acceptors (Lipinski definition) is 5. The van der Waals surface area contributed by atoms with E-state index in [1.807, 2.05) is 6.92 Å². The van der Waals surface area contributed by atoms with E-state index in [1.165, 1.54) is 0 Å². The maximum absolute atomic E-state index is 9.60. The van der Waals surface area contributed by atoms with Gasteiger partial charge in [-0.2, -0.15) is 0 Å². The topological polar surface area (TPSA) is 93.0 Å². The molecule has 0 unspecified atom stereocenters. The van der Waals surface area contributed by atoms with E-state index in [1.54, 1.807) is 0 Å². The average molecular weight is 205 g/mol. The van der Waals surface area contributed by atoms with Crippen molar-refractivity contribution in [2.75, 3.05) is 6.61 Å². The molecule has 0 aromatic rings. The van der Waals surface area contributed by atoms with E-state index in [4.69, 9.17) is 5.11 Å². The zero-order valence-electron chi connectivity index (χ0n) is 8.30. The van der Waals surface area contributed by atoms with Gasteiger partial charge in [0.1, 0.15) is 0 Å². The van der Waals surface area contributed by atoms with Gasteiger partial charge in [-0.3, -0.25) is 0 Å².